The first kappa shape index (κ1) is 17.6. The molecule has 3 nitrogen and oxygen atoms in total. The van der Waals surface area contributed by atoms with Crippen molar-refractivity contribution in [2.45, 2.75) is 32.6 Å². The van der Waals surface area contributed by atoms with Crippen molar-refractivity contribution < 1.29 is 9.84 Å². The van der Waals surface area contributed by atoms with Crippen molar-refractivity contribution in [3.8, 4) is 17.6 Å². The highest BCUT2D eigenvalue weighted by atomic mass is 16.5. The molecule has 0 spiro atoms. The van der Waals surface area contributed by atoms with E-state index in [-0.39, 0.29) is 6.61 Å². The van der Waals surface area contributed by atoms with Gasteiger partial charge in [0.25, 0.3) is 0 Å². The van der Waals surface area contributed by atoms with Gasteiger partial charge in [0.15, 0.2) is 0 Å². The number of rotatable bonds is 9. The number of benzene rings is 1. The van der Waals surface area contributed by atoms with E-state index in [0.29, 0.717) is 13.0 Å². The van der Waals surface area contributed by atoms with E-state index in [0.717, 1.165) is 24.4 Å². The van der Waals surface area contributed by atoms with Gasteiger partial charge in [-0.1, -0.05) is 37.7 Å². The Kier molecular flexibility index (Phi) is 9.35. The average molecular weight is 289 g/mol. The molecule has 0 unspecified atom stereocenters. The lowest BCUT2D eigenvalue weighted by Crippen LogP contribution is -2.25. The van der Waals surface area contributed by atoms with E-state index in [1.807, 2.05) is 24.3 Å². The summed E-state index contributed by atoms with van der Waals surface area (Å²) in [7, 11) is 2.13. The summed E-state index contributed by atoms with van der Waals surface area (Å²) >= 11 is 0. The Balaban J connectivity index is 2.32. The maximum absolute atomic E-state index is 8.71. The molecule has 0 atom stereocenters. The van der Waals surface area contributed by atoms with E-state index in [1.54, 1.807) is 0 Å². The molecular formula is C18H27NO2. The van der Waals surface area contributed by atoms with Gasteiger partial charge in [-0.15, -0.1) is 0 Å². The monoisotopic (exact) mass is 289 g/mol. The first-order valence-corrected chi connectivity index (χ1v) is 7.77. The number of likely N-dealkylation sites (N-methyl/N-ethyl adjacent to an activating group) is 1. The molecule has 0 heterocycles. The van der Waals surface area contributed by atoms with Gasteiger partial charge in [0.1, 0.15) is 12.4 Å². The molecule has 1 aromatic carbocycles. The van der Waals surface area contributed by atoms with Gasteiger partial charge in [-0.05, 0) is 38.2 Å². The molecule has 116 valence electrons. The molecule has 1 rings (SSSR count). The highest BCUT2D eigenvalue weighted by molar-refractivity contribution is 5.39. The van der Waals surface area contributed by atoms with Gasteiger partial charge >= 0.3 is 0 Å². The molecule has 0 fully saturated rings. The summed E-state index contributed by atoms with van der Waals surface area (Å²) in [6.45, 7) is 5.08. The second-order valence-corrected chi connectivity index (χ2v) is 5.16. The zero-order valence-electron chi connectivity index (χ0n) is 13.3. The maximum atomic E-state index is 8.71. The van der Waals surface area contributed by atoms with Crippen molar-refractivity contribution >= 4 is 0 Å². The van der Waals surface area contributed by atoms with Crippen LogP contribution in [-0.4, -0.2) is 43.4 Å². The molecule has 3 heteroatoms. The van der Waals surface area contributed by atoms with Crippen LogP contribution in [0.3, 0.4) is 0 Å². The molecule has 21 heavy (non-hydrogen) atoms. The summed E-state index contributed by atoms with van der Waals surface area (Å²) in [5, 5.41) is 8.71. The van der Waals surface area contributed by atoms with E-state index in [4.69, 9.17) is 9.84 Å². The highest BCUT2D eigenvalue weighted by Crippen LogP contribution is 2.12. The maximum Gasteiger partial charge on any atom is 0.120 e. The minimum atomic E-state index is 0.105. The fraction of sp³-hybridized carbons (Fsp3) is 0.556. The quantitative estimate of drug-likeness (QED) is 0.560. The Bertz CT molecular complexity index is 448. The van der Waals surface area contributed by atoms with Gasteiger partial charge in [-0.2, -0.15) is 0 Å². The predicted molar refractivity (Wildman–Crippen MR) is 87.5 cm³/mol. The van der Waals surface area contributed by atoms with Gasteiger partial charge < -0.3 is 14.7 Å². The Morgan fingerprint density at radius 1 is 1.24 bits per heavy atom. The highest BCUT2D eigenvalue weighted by Gasteiger charge is 1.99. The summed E-state index contributed by atoms with van der Waals surface area (Å²) in [5.74, 6) is 6.79. The summed E-state index contributed by atoms with van der Waals surface area (Å²) < 4.78 is 5.77. The van der Waals surface area contributed by atoms with Crippen molar-refractivity contribution in [2.24, 2.45) is 0 Å². The van der Waals surface area contributed by atoms with Gasteiger partial charge in [0.2, 0.25) is 0 Å². The standard InChI is InChI=1S/C18H27NO2/c1-3-4-6-12-19(2)13-15-21-18-11-8-10-17(16-18)9-5-7-14-20/h8,10-11,16,20H,3-4,6-7,12-15H2,1-2H3. The summed E-state index contributed by atoms with van der Waals surface area (Å²) in [6.07, 6.45) is 4.31. The molecule has 0 aliphatic rings. The van der Waals surface area contributed by atoms with Gasteiger partial charge in [0.05, 0.1) is 6.61 Å². The third-order valence-corrected chi connectivity index (χ3v) is 3.19. The Hall–Kier alpha value is -1.50. The van der Waals surface area contributed by atoms with Crippen LogP contribution in [0.2, 0.25) is 0 Å². The van der Waals surface area contributed by atoms with Gasteiger partial charge in [0, 0.05) is 18.5 Å². The van der Waals surface area contributed by atoms with E-state index in [1.165, 1.54) is 19.3 Å². The Morgan fingerprint density at radius 3 is 2.86 bits per heavy atom. The summed E-state index contributed by atoms with van der Waals surface area (Å²) in [4.78, 5) is 2.31. The van der Waals surface area contributed by atoms with Crippen LogP contribution in [0.5, 0.6) is 5.75 Å². The van der Waals surface area contributed by atoms with Crippen molar-refractivity contribution in [3.63, 3.8) is 0 Å². The summed E-state index contributed by atoms with van der Waals surface area (Å²) in [6, 6.07) is 7.80. The first-order valence-electron chi connectivity index (χ1n) is 7.77. The topological polar surface area (TPSA) is 32.7 Å². The zero-order chi connectivity index (χ0) is 15.3. The van der Waals surface area contributed by atoms with Crippen molar-refractivity contribution in [1.29, 1.82) is 0 Å². The fourth-order valence-corrected chi connectivity index (χ4v) is 1.95. The molecule has 0 aromatic heterocycles. The molecule has 0 amide bonds. The van der Waals surface area contributed by atoms with Crippen LogP contribution in [-0.2, 0) is 0 Å². The zero-order valence-corrected chi connectivity index (χ0v) is 13.3. The van der Waals surface area contributed by atoms with Crippen LogP contribution < -0.4 is 4.74 Å². The van der Waals surface area contributed by atoms with Crippen LogP contribution in [0.4, 0.5) is 0 Å². The number of nitrogens with zero attached hydrogens (tertiary/aromatic N) is 1. The molecule has 0 saturated heterocycles. The molecule has 1 N–H and O–H groups in total. The molecule has 0 bridgehead atoms. The SMILES string of the molecule is CCCCCN(C)CCOc1cccc(C#CCCO)c1. The third kappa shape index (κ3) is 8.39. The summed E-state index contributed by atoms with van der Waals surface area (Å²) in [5.41, 5.74) is 0.928. The van der Waals surface area contributed by atoms with E-state index >= 15 is 0 Å². The van der Waals surface area contributed by atoms with E-state index in [2.05, 4.69) is 30.7 Å². The van der Waals surface area contributed by atoms with E-state index < -0.39 is 0 Å². The van der Waals surface area contributed by atoms with Crippen LogP contribution in [0, 0.1) is 11.8 Å². The predicted octanol–water partition coefficient (Wildman–Crippen LogP) is 2.92. The van der Waals surface area contributed by atoms with Crippen molar-refractivity contribution in [2.75, 3.05) is 33.4 Å². The smallest absolute Gasteiger partial charge is 0.120 e. The normalized spacial score (nSPS) is 10.3. The average Bonchev–Trinajstić information content (AvgIpc) is 2.48. The number of aliphatic hydroxyl groups excluding tert-OH is 1. The lowest BCUT2D eigenvalue weighted by Gasteiger charge is -2.16. The molecular weight excluding hydrogens is 262 g/mol. The Morgan fingerprint density at radius 2 is 2.10 bits per heavy atom. The number of hydrogen-bond donors (Lipinski definition) is 1. The first-order chi connectivity index (χ1) is 10.3. The molecule has 0 aliphatic heterocycles. The number of aliphatic hydroxyl groups is 1. The van der Waals surface area contributed by atoms with Crippen molar-refractivity contribution in [3.05, 3.63) is 29.8 Å². The van der Waals surface area contributed by atoms with Crippen molar-refractivity contribution in [1.82, 2.24) is 4.90 Å². The van der Waals surface area contributed by atoms with Gasteiger partial charge in [-0.25, -0.2) is 0 Å². The fourth-order valence-electron chi connectivity index (χ4n) is 1.95. The van der Waals surface area contributed by atoms with Gasteiger partial charge in [-0.3, -0.25) is 0 Å². The molecule has 0 aliphatic carbocycles. The number of hydrogen-bond acceptors (Lipinski definition) is 3. The third-order valence-electron chi connectivity index (χ3n) is 3.19. The molecule has 1 aromatic rings. The largest absolute Gasteiger partial charge is 0.492 e. The minimum absolute atomic E-state index is 0.105. The number of ether oxygens (including phenoxy) is 1. The lowest BCUT2D eigenvalue weighted by atomic mass is 10.2. The van der Waals surface area contributed by atoms with Crippen LogP contribution in [0.15, 0.2) is 24.3 Å². The molecule has 0 radical (unpaired) electrons. The number of unbranched alkanes of at least 4 members (excludes halogenated alkanes) is 2. The van der Waals surface area contributed by atoms with Crippen LogP contribution >= 0.6 is 0 Å². The second kappa shape index (κ2) is 11.2. The Labute approximate surface area is 128 Å². The lowest BCUT2D eigenvalue weighted by molar-refractivity contribution is 0.235. The van der Waals surface area contributed by atoms with Crippen LogP contribution in [0.1, 0.15) is 38.2 Å². The molecule has 0 saturated carbocycles. The van der Waals surface area contributed by atoms with E-state index in [9.17, 15) is 0 Å². The van der Waals surface area contributed by atoms with Crippen LogP contribution in [0.25, 0.3) is 0 Å². The second-order valence-electron chi connectivity index (χ2n) is 5.16. The minimum Gasteiger partial charge on any atom is -0.492 e.